The normalized spacial score (nSPS) is 35.2. The summed E-state index contributed by atoms with van der Waals surface area (Å²) in [6.07, 6.45) is 4.20. The molecule has 1 aliphatic heterocycles. The van der Waals surface area contributed by atoms with E-state index in [2.05, 4.69) is 25.6 Å². The van der Waals surface area contributed by atoms with Gasteiger partial charge in [0, 0.05) is 10.5 Å². The molecule has 1 heterocycles. The molecule has 0 aliphatic carbocycles. The second-order valence-electron chi connectivity index (χ2n) is 2.41. The molecule has 48 valence electrons. The molecule has 1 fully saturated rings. The molecule has 0 aromatic carbocycles. The van der Waals surface area contributed by atoms with E-state index in [1.807, 2.05) is 0 Å². The third kappa shape index (κ3) is 1.41. The molecule has 8 heavy (non-hydrogen) atoms. The van der Waals surface area contributed by atoms with Crippen LogP contribution in [0.25, 0.3) is 0 Å². The third-order valence-corrected chi connectivity index (χ3v) is 3.27. The van der Waals surface area contributed by atoms with E-state index < -0.39 is 0 Å². The zero-order chi connectivity index (χ0) is 5.98. The van der Waals surface area contributed by atoms with Crippen molar-refractivity contribution in [2.45, 2.75) is 43.6 Å². The van der Waals surface area contributed by atoms with E-state index in [1.165, 1.54) is 19.3 Å². The largest absolute Gasteiger partial charge is 0.153 e. The molecule has 1 aliphatic rings. The first-order chi connectivity index (χ1) is 3.88. The van der Waals surface area contributed by atoms with Crippen molar-refractivity contribution in [2.24, 2.45) is 0 Å². The van der Waals surface area contributed by atoms with E-state index in [-0.39, 0.29) is 0 Å². The van der Waals surface area contributed by atoms with Crippen molar-refractivity contribution in [2.75, 3.05) is 0 Å². The number of thioether (sulfide) groups is 1. The van der Waals surface area contributed by atoms with Gasteiger partial charge in [-0.15, -0.1) is 0 Å². The zero-order valence-corrected chi connectivity index (χ0v) is 6.50. The second kappa shape index (κ2) is 2.77. The average Bonchev–Trinajstić information content (AvgIpc) is 2.48. The fourth-order valence-electron chi connectivity index (χ4n) is 1.08. The van der Waals surface area contributed by atoms with Gasteiger partial charge in [-0.2, -0.15) is 11.8 Å². The first-order valence-corrected chi connectivity index (χ1v) is 4.48. The Labute approximate surface area is 56.0 Å². The van der Waals surface area contributed by atoms with E-state index >= 15 is 0 Å². The van der Waals surface area contributed by atoms with E-state index in [4.69, 9.17) is 0 Å². The van der Waals surface area contributed by atoms with Crippen molar-refractivity contribution in [1.29, 1.82) is 0 Å². The molecule has 0 aromatic heterocycles. The summed E-state index contributed by atoms with van der Waals surface area (Å²) in [5.74, 6) is 0. The SMILES string of the molecule is CCC[C@@H]1S[C@H]1CC. The van der Waals surface area contributed by atoms with Gasteiger partial charge in [-0.25, -0.2) is 0 Å². The maximum atomic E-state index is 2.29. The molecule has 0 N–H and O–H groups in total. The van der Waals surface area contributed by atoms with Gasteiger partial charge in [-0.05, 0) is 12.8 Å². The van der Waals surface area contributed by atoms with E-state index in [1.54, 1.807) is 0 Å². The first kappa shape index (κ1) is 6.47. The molecule has 2 atom stereocenters. The van der Waals surface area contributed by atoms with Gasteiger partial charge in [0.15, 0.2) is 0 Å². The minimum atomic E-state index is 1.04. The van der Waals surface area contributed by atoms with Gasteiger partial charge in [-0.1, -0.05) is 20.3 Å². The van der Waals surface area contributed by atoms with E-state index in [0.29, 0.717) is 0 Å². The van der Waals surface area contributed by atoms with Gasteiger partial charge < -0.3 is 0 Å². The van der Waals surface area contributed by atoms with Crippen LogP contribution in [0.1, 0.15) is 33.1 Å². The van der Waals surface area contributed by atoms with Gasteiger partial charge >= 0.3 is 0 Å². The highest BCUT2D eigenvalue weighted by Gasteiger charge is 2.34. The van der Waals surface area contributed by atoms with Gasteiger partial charge in [-0.3, -0.25) is 0 Å². The van der Waals surface area contributed by atoms with Crippen LogP contribution >= 0.6 is 11.8 Å². The predicted octanol–water partition coefficient (Wildman–Crippen LogP) is 2.68. The first-order valence-electron chi connectivity index (χ1n) is 3.54. The summed E-state index contributed by atoms with van der Waals surface area (Å²) in [4.78, 5) is 0. The van der Waals surface area contributed by atoms with Crippen LogP contribution in [-0.2, 0) is 0 Å². The number of hydrogen-bond donors (Lipinski definition) is 0. The standard InChI is InChI=1S/C7H14S/c1-3-5-7-6(4-2)8-7/h6-7H,3-5H2,1-2H3/t6-,7-/m0/s1. The minimum Gasteiger partial charge on any atom is -0.153 e. The van der Waals surface area contributed by atoms with Crippen LogP contribution in [0.3, 0.4) is 0 Å². The van der Waals surface area contributed by atoms with Crippen molar-refractivity contribution in [3.05, 3.63) is 0 Å². The average molecular weight is 130 g/mol. The molecule has 0 radical (unpaired) electrons. The molecule has 0 nitrogen and oxygen atoms in total. The maximum Gasteiger partial charge on any atom is 0.0169 e. The van der Waals surface area contributed by atoms with Gasteiger partial charge in [0.1, 0.15) is 0 Å². The van der Waals surface area contributed by atoms with Gasteiger partial charge in [0.05, 0.1) is 0 Å². The Hall–Kier alpha value is 0.350. The summed E-state index contributed by atoms with van der Waals surface area (Å²) < 4.78 is 0. The fourth-order valence-corrected chi connectivity index (χ4v) is 2.33. The molecule has 0 spiro atoms. The summed E-state index contributed by atoms with van der Waals surface area (Å²) >= 11 is 2.16. The second-order valence-corrected chi connectivity index (χ2v) is 3.89. The molecule has 0 bridgehead atoms. The lowest BCUT2D eigenvalue weighted by Crippen LogP contribution is -1.89. The Morgan fingerprint density at radius 1 is 1.25 bits per heavy atom. The Balaban J connectivity index is 1.99. The molecule has 1 rings (SSSR count). The molecule has 1 heteroatoms. The highest BCUT2D eigenvalue weighted by atomic mass is 32.2. The van der Waals surface area contributed by atoms with Crippen LogP contribution in [0.5, 0.6) is 0 Å². The van der Waals surface area contributed by atoms with Crippen LogP contribution in [0, 0.1) is 0 Å². The smallest absolute Gasteiger partial charge is 0.0169 e. The third-order valence-electron chi connectivity index (χ3n) is 1.66. The molecule has 0 saturated carbocycles. The lowest BCUT2D eigenvalue weighted by molar-refractivity contribution is 0.750. The van der Waals surface area contributed by atoms with Gasteiger partial charge in [0.25, 0.3) is 0 Å². The van der Waals surface area contributed by atoms with Crippen LogP contribution in [0.2, 0.25) is 0 Å². The summed E-state index contributed by atoms with van der Waals surface area (Å²) in [6.45, 7) is 4.55. The van der Waals surface area contributed by atoms with E-state index in [0.717, 1.165) is 10.5 Å². The van der Waals surface area contributed by atoms with Crippen molar-refractivity contribution >= 4 is 11.8 Å². The summed E-state index contributed by atoms with van der Waals surface area (Å²) in [5.41, 5.74) is 0. The van der Waals surface area contributed by atoms with Crippen LogP contribution in [0.4, 0.5) is 0 Å². The van der Waals surface area contributed by atoms with Crippen LogP contribution < -0.4 is 0 Å². The Kier molecular flexibility index (Phi) is 2.24. The Bertz CT molecular complexity index is 70.8. The lowest BCUT2D eigenvalue weighted by Gasteiger charge is -1.87. The highest BCUT2D eigenvalue weighted by Crippen LogP contribution is 2.45. The highest BCUT2D eigenvalue weighted by molar-refractivity contribution is 8.07. The molecular formula is C7H14S. The molecule has 0 unspecified atom stereocenters. The molecule has 1 saturated heterocycles. The van der Waals surface area contributed by atoms with Crippen molar-refractivity contribution in [3.63, 3.8) is 0 Å². The van der Waals surface area contributed by atoms with E-state index in [9.17, 15) is 0 Å². The van der Waals surface area contributed by atoms with Crippen molar-refractivity contribution in [3.8, 4) is 0 Å². The predicted molar refractivity (Wildman–Crippen MR) is 40.4 cm³/mol. The van der Waals surface area contributed by atoms with Crippen LogP contribution in [-0.4, -0.2) is 10.5 Å². The molecular weight excluding hydrogens is 116 g/mol. The Morgan fingerprint density at radius 3 is 2.38 bits per heavy atom. The minimum absolute atomic E-state index is 1.04. The maximum absolute atomic E-state index is 2.29. The monoisotopic (exact) mass is 130 g/mol. The van der Waals surface area contributed by atoms with Gasteiger partial charge in [0.2, 0.25) is 0 Å². The van der Waals surface area contributed by atoms with Crippen molar-refractivity contribution < 1.29 is 0 Å². The van der Waals surface area contributed by atoms with Crippen molar-refractivity contribution in [1.82, 2.24) is 0 Å². The topological polar surface area (TPSA) is 0 Å². The molecule has 0 aromatic rings. The fraction of sp³-hybridized carbons (Fsp3) is 1.00. The Morgan fingerprint density at radius 2 is 2.00 bits per heavy atom. The van der Waals surface area contributed by atoms with Crippen LogP contribution in [0.15, 0.2) is 0 Å². The summed E-state index contributed by atoms with van der Waals surface area (Å²) in [5, 5.41) is 2.08. The number of rotatable bonds is 3. The summed E-state index contributed by atoms with van der Waals surface area (Å²) in [7, 11) is 0. The lowest BCUT2D eigenvalue weighted by atomic mass is 10.2. The summed E-state index contributed by atoms with van der Waals surface area (Å²) in [6, 6.07) is 0. The molecule has 0 amide bonds. The number of hydrogen-bond acceptors (Lipinski definition) is 1. The quantitative estimate of drug-likeness (QED) is 0.529. The zero-order valence-electron chi connectivity index (χ0n) is 5.68.